The van der Waals surface area contributed by atoms with Crippen molar-refractivity contribution in [1.82, 2.24) is 0 Å². The van der Waals surface area contributed by atoms with Gasteiger partial charge in [0.2, 0.25) is 0 Å². The minimum Gasteiger partial charge on any atom is -0.462 e. The molecular weight excluding hydrogens is 853 g/mol. The Hall–Kier alpha value is -1.59. The number of unbranched alkanes of at least 4 members (excludes halogenated alkanes) is 41. The molecule has 0 spiro atoms. The molecule has 1 unspecified atom stereocenters. The second kappa shape index (κ2) is 55.7. The summed E-state index contributed by atoms with van der Waals surface area (Å²) in [5, 5.41) is 0. The Morgan fingerprint density at radius 1 is 0.304 bits per heavy atom. The van der Waals surface area contributed by atoms with Gasteiger partial charge in [-0.1, -0.05) is 317 Å². The van der Waals surface area contributed by atoms with Gasteiger partial charge in [-0.15, -0.1) is 0 Å². The first kappa shape index (κ1) is 67.4. The first-order valence-corrected chi connectivity index (χ1v) is 31.3. The van der Waals surface area contributed by atoms with Crippen LogP contribution < -0.4 is 0 Å². The topological polar surface area (TPSA) is 78.9 Å². The molecule has 0 heterocycles. The van der Waals surface area contributed by atoms with Crippen molar-refractivity contribution in [3.8, 4) is 0 Å². The van der Waals surface area contributed by atoms with Gasteiger partial charge in [0.15, 0.2) is 6.10 Å². The summed E-state index contributed by atoms with van der Waals surface area (Å²) in [5.41, 5.74) is 0. The van der Waals surface area contributed by atoms with Crippen molar-refractivity contribution in [2.24, 2.45) is 11.8 Å². The molecule has 0 bridgehead atoms. The predicted octanol–water partition coefficient (Wildman–Crippen LogP) is 20.8. The van der Waals surface area contributed by atoms with E-state index in [0.717, 1.165) is 69.6 Å². The number of ether oxygens (including phenoxy) is 3. The fraction of sp³-hybridized carbons (Fsp3) is 0.952. The quantitative estimate of drug-likeness (QED) is 0.0343. The van der Waals surface area contributed by atoms with Crippen LogP contribution in [0.2, 0.25) is 0 Å². The Balaban J connectivity index is 4.28. The van der Waals surface area contributed by atoms with Crippen LogP contribution >= 0.6 is 0 Å². The highest BCUT2D eigenvalue weighted by Crippen LogP contribution is 2.19. The lowest BCUT2D eigenvalue weighted by Crippen LogP contribution is -2.30. The monoisotopic (exact) mass is 975 g/mol. The van der Waals surface area contributed by atoms with E-state index in [4.69, 9.17) is 14.2 Å². The van der Waals surface area contributed by atoms with Crippen molar-refractivity contribution in [3.05, 3.63) is 0 Å². The van der Waals surface area contributed by atoms with E-state index in [1.54, 1.807) is 0 Å². The van der Waals surface area contributed by atoms with Gasteiger partial charge in [0.1, 0.15) is 13.2 Å². The summed E-state index contributed by atoms with van der Waals surface area (Å²) in [6.45, 7) is 11.5. The SMILES string of the molecule is CCCCCCCCCCCCCCCCC(=O)OC[C@@H](COC(=O)CCCCCCCCCCCCCCCCC(C)CC)OC(=O)CCCCCCCCCCCCCCCCCCC(C)C. The smallest absolute Gasteiger partial charge is 0.306 e. The highest BCUT2D eigenvalue weighted by Gasteiger charge is 2.19. The van der Waals surface area contributed by atoms with Crippen LogP contribution in [0.4, 0.5) is 0 Å². The first-order chi connectivity index (χ1) is 33.8. The van der Waals surface area contributed by atoms with Gasteiger partial charge in [0, 0.05) is 19.3 Å². The lowest BCUT2D eigenvalue weighted by Gasteiger charge is -2.18. The summed E-state index contributed by atoms with van der Waals surface area (Å²) in [4.78, 5) is 38.3. The van der Waals surface area contributed by atoms with Gasteiger partial charge >= 0.3 is 17.9 Å². The van der Waals surface area contributed by atoms with Crippen LogP contribution in [0.1, 0.15) is 356 Å². The fourth-order valence-electron chi connectivity index (χ4n) is 9.73. The number of rotatable bonds is 57. The Morgan fingerprint density at radius 2 is 0.551 bits per heavy atom. The molecule has 6 nitrogen and oxygen atoms in total. The second-order valence-electron chi connectivity index (χ2n) is 22.4. The minimum atomic E-state index is -0.763. The fourth-order valence-corrected chi connectivity index (χ4v) is 9.73. The Morgan fingerprint density at radius 3 is 0.826 bits per heavy atom. The molecule has 0 saturated carbocycles. The van der Waals surface area contributed by atoms with Crippen LogP contribution in [0.25, 0.3) is 0 Å². The summed E-state index contributed by atoms with van der Waals surface area (Å²) < 4.78 is 16.9. The van der Waals surface area contributed by atoms with E-state index >= 15 is 0 Å². The van der Waals surface area contributed by atoms with Crippen LogP contribution in [0, 0.1) is 11.8 Å². The molecule has 0 N–H and O–H groups in total. The molecule has 0 saturated heterocycles. The van der Waals surface area contributed by atoms with Gasteiger partial charge in [0.25, 0.3) is 0 Å². The van der Waals surface area contributed by atoms with Gasteiger partial charge in [-0.3, -0.25) is 14.4 Å². The van der Waals surface area contributed by atoms with Gasteiger partial charge < -0.3 is 14.2 Å². The Bertz CT molecular complexity index is 1060. The molecular formula is C63H122O6. The molecule has 0 fully saturated rings. The number of carbonyl (C=O) groups is 3. The lowest BCUT2D eigenvalue weighted by molar-refractivity contribution is -0.167. The molecule has 0 aromatic heterocycles. The molecule has 0 aliphatic rings. The maximum Gasteiger partial charge on any atom is 0.306 e. The third-order valence-electron chi connectivity index (χ3n) is 14.8. The molecule has 2 atom stereocenters. The highest BCUT2D eigenvalue weighted by atomic mass is 16.6. The minimum absolute atomic E-state index is 0.0620. The van der Waals surface area contributed by atoms with E-state index in [1.165, 1.54) is 244 Å². The molecule has 410 valence electrons. The summed E-state index contributed by atoms with van der Waals surface area (Å²) >= 11 is 0. The van der Waals surface area contributed by atoms with E-state index in [0.29, 0.717) is 19.3 Å². The second-order valence-corrected chi connectivity index (χ2v) is 22.4. The molecule has 0 radical (unpaired) electrons. The van der Waals surface area contributed by atoms with Crippen molar-refractivity contribution >= 4 is 17.9 Å². The van der Waals surface area contributed by atoms with E-state index in [2.05, 4.69) is 34.6 Å². The molecule has 69 heavy (non-hydrogen) atoms. The van der Waals surface area contributed by atoms with Crippen molar-refractivity contribution in [1.29, 1.82) is 0 Å². The van der Waals surface area contributed by atoms with E-state index in [-0.39, 0.29) is 31.1 Å². The third kappa shape index (κ3) is 55.6. The van der Waals surface area contributed by atoms with Gasteiger partial charge in [-0.2, -0.15) is 0 Å². The largest absolute Gasteiger partial charge is 0.462 e. The average Bonchev–Trinajstić information content (AvgIpc) is 3.34. The van der Waals surface area contributed by atoms with Crippen molar-refractivity contribution in [2.45, 2.75) is 362 Å². The average molecular weight is 976 g/mol. The summed E-state index contributed by atoms with van der Waals surface area (Å²) in [6.07, 6.45) is 60.9. The number of hydrogen-bond acceptors (Lipinski definition) is 6. The van der Waals surface area contributed by atoms with Crippen LogP contribution in [0.15, 0.2) is 0 Å². The van der Waals surface area contributed by atoms with Crippen LogP contribution in [0.5, 0.6) is 0 Å². The molecule has 0 amide bonds. The summed E-state index contributed by atoms with van der Waals surface area (Å²) in [6, 6.07) is 0. The Labute approximate surface area is 431 Å². The van der Waals surface area contributed by atoms with Crippen molar-refractivity contribution in [2.75, 3.05) is 13.2 Å². The zero-order valence-corrected chi connectivity index (χ0v) is 47.5. The van der Waals surface area contributed by atoms with Crippen molar-refractivity contribution < 1.29 is 28.6 Å². The van der Waals surface area contributed by atoms with Gasteiger partial charge in [-0.05, 0) is 31.1 Å². The van der Waals surface area contributed by atoms with Crippen LogP contribution in [-0.2, 0) is 28.6 Å². The highest BCUT2D eigenvalue weighted by molar-refractivity contribution is 5.71. The van der Waals surface area contributed by atoms with Crippen molar-refractivity contribution in [3.63, 3.8) is 0 Å². The normalized spacial score (nSPS) is 12.4. The van der Waals surface area contributed by atoms with E-state index < -0.39 is 6.10 Å². The van der Waals surface area contributed by atoms with E-state index in [9.17, 15) is 14.4 Å². The maximum absolute atomic E-state index is 12.9. The molecule has 6 heteroatoms. The number of hydrogen-bond donors (Lipinski definition) is 0. The van der Waals surface area contributed by atoms with Gasteiger partial charge in [-0.25, -0.2) is 0 Å². The predicted molar refractivity (Wildman–Crippen MR) is 298 cm³/mol. The Kier molecular flexibility index (Phi) is 54.4. The third-order valence-corrected chi connectivity index (χ3v) is 14.8. The lowest BCUT2D eigenvalue weighted by atomic mass is 9.99. The first-order valence-electron chi connectivity index (χ1n) is 31.3. The number of esters is 3. The standard InChI is InChI=1S/C63H122O6/c1-6-8-9-10-11-12-13-14-23-28-33-38-43-48-53-61(64)67-56-60(57-68-62(65)54-49-44-39-34-29-24-20-19-22-27-32-37-42-47-52-59(5)7-2)69-63(66)55-50-45-40-35-30-25-18-16-15-17-21-26-31-36-41-46-51-58(3)4/h58-60H,6-57H2,1-5H3/t59?,60-/m0/s1. The molecule has 0 rings (SSSR count). The molecule has 0 aromatic rings. The van der Waals surface area contributed by atoms with Gasteiger partial charge in [0.05, 0.1) is 0 Å². The van der Waals surface area contributed by atoms with E-state index in [1.807, 2.05) is 0 Å². The molecule has 0 aliphatic heterocycles. The molecule has 0 aromatic carbocycles. The zero-order valence-electron chi connectivity index (χ0n) is 47.5. The van der Waals surface area contributed by atoms with Crippen LogP contribution in [0.3, 0.4) is 0 Å². The molecule has 0 aliphatic carbocycles. The zero-order chi connectivity index (χ0) is 50.4. The maximum atomic E-state index is 12.9. The summed E-state index contributed by atoms with van der Waals surface area (Å²) in [5.74, 6) is 0.915. The van der Waals surface area contributed by atoms with Crippen LogP contribution in [-0.4, -0.2) is 37.2 Å². The number of carbonyl (C=O) groups excluding carboxylic acids is 3. The summed E-state index contributed by atoms with van der Waals surface area (Å²) in [7, 11) is 0.